The minimum atomic E-state index is 0.643. The van der Waals surface area contributed by atoms with Crippen LogP contribution >= 0.6 is 0 Å². The Morgan fingerprint density at radius 2 is 2.11 bits per heavy atom. The van der Waals surface area contributed by atoms with Crippen molar-refractivity contribution in [1.82, 2.24) is 0 Å². The lowest BCUT2D eigenvalue weighted by molar-refractivity contribution is 0.606. The van der Waals surface area contributed by atoms with Crippen LogP contribution in [0, 0.1) is 11.3 Å². The average Bonchev–Trinajstić information content (AvgIpc) is 2.37. The van der Waals surface area contributed by atoms with Gasteiger partial charge in [0.05, 0.1) is 0 Å². The quantitative estimate of drug-likeness (QED) is 0.723. The Morgan fingerprint density at radius 1 is 1.39 bits per heavy atom. The maximum Gasteiger partial charge on any atom is 0.0428 e. The van der Waals surface area contributed by atoms with E-state index in [-0.39, 0.29) is 0 Å². The van der Waals surface area contributed by atoms with Crippen molar-refractivity contribution in [3.63, 3.8) is 0 Å². The zero-order valence-corrected chi connectivity index (χ0v) is 12.0. The zero-order valence-electron chi connectivity index (χ0n) is 12.0. The minimum absolute atomic E-state index is 0.643. The van der Waals surface area contributed by atoms with Gasteiger partial charge in [0.2, 0.25) is 0 Å². The second kappa shape index (κ2) is 7.04. The van der Waals surface area contributed by atoms with Crippen LogP contribution in [-0.2, 0) is 0 Å². The molecule has 0 unspecified atom stereocenters. The molecule has 0 aromatic heterocycles. The lowest BCUT2D eigenvalue weighted by Gasteiger charge is -2.27. The summed E-state index contributed by atoms with van der Waals surface area (Å²) < 4.78 is 0. The molecule has 0 spiro atoms. The lowest BCUT2D eigenvalue weighted by atomic mass is 10.1. The van der Waals surface area contributed by atoms with Gasteiger partial charge in [0.25, 0.3) is 0 Å². The van der Waals surface area contributed by atoms with Crippen LogP contribution < -0.4 is 10.2 Å². The van der Waals surface area contributed by atoms with Crippen molar-refractivity contribution < 1.29 is 0 Å². The smallest absolute Gasteiger partial charge is 0.0428 e. The lowest BCUT2D eigenvalue weighted by Crippen LogP contribution is -2.28. The summed E-state index contributed by atoms with van der Waals surface area (Å²) in [5, 5.41) is 10.6. The van der Waals surface area contributed by atoms with Crippen LogP contribution in [0.1, 0.15) is 32.8 Å². The third-order valence-electron chi connectivity index (χ3n) is 2.90. The zero-order chi connectivity index (χ0) is 13.5. The molecule has 1 aromatic rings. The molecule has 0 fully saturated rings. The maximum atomic E-state index is 7.49. The Balaban J connectivity index is 3.00. The number of hydrogen-bond donors (Lipinski definition) is 2. The highest BCUT2D eigenvalue weighted by molar-refractivity contribution is 5.87. The Morgan fingerprint density at radius 3 is 2.61 bits per heavy atom. The SMILES string of the molecule is CCCN(CC(C)C)c1ccc(NC)c(C=N)c1. The van der Waals surface area contributed by atoms with Crippen molar-refractivity contribution in [2.75, 3.05) is 30.4 Å². The molecule has 18 heavy (non-hydrogen) atoms. The number of anilines is 2. The summed E-state index contributed by atoms with van der Waals surface area (Å²) in [5.41, 5.74) is 3.16. The molecular formula is C15H25N3. The molecule has 2 N–H and O–H groups in total. The highest BCUT2D eigenvalue weighted by atomic mass is 15.1. The number of hydrogen-bond acceptors (Lipinski definition) is 3. The molecule has 3 heteroatoms. The Kier molecular flexibility index (Phi) is 5.69. The van der Waals surface area contributed by atoms with Gasteiger partial charge in [0, 0.05) is 43.3 Å². The molecule has 0 saturated heterocycles. The molecule has 3 nitrogen and oxygen atoms in total. The van der Waals surface area contributed by atoms with Crippen LogP contribution in [0.2, 0.25) is 0 Å². The molecule has 0 radical (unpaired) electrons. The van der Waals surface area contributed by atoms with E-state index in [9.17, 15) is 0 Å². The molecule has 0 amide bonds. The van der Waals surface area contributed by atoms with E-state index in [2.05, 4.69) is 49.2 Å². The van der Waals surface area contributed by atoms with Gasteiger partial charge in [0.1, 0.15) is 0 Å². The van der Waals surface area contributed by atoms with Gasteiger partial charge in [0.15, 0.2) is 0 Å². The maximum absolute atomic E-state index is 7.49. The van der Waals surface area contributed by atoms with Gasteiger partial charge >= 0.3 is 0 Å². The number of rotatable bonds is 7. The predicted molar refractivity (Wildman–Crippen MR) is 81.2 cm³/mol. The van der Waals surface area contributed by atoms with Crippen molar-refractivity contribution in [3.8, 4) is 0 Å². The topological polar surface area (TPSA) is 39.1 Å². The molecule has 0 bridgehead atoms. The van der Waals surface area contributed by atoms with E-state index in [1.54, 1.807) is 0 Å². The highest BCUT2D eigenvalue weighted by Gasteiger charge is 2.09. The Hall–Kier alpha value is -1.51. The van der Waals surface area contributed by atoms with E-state index in [0.29, 0.717) is 5.92 Å². The largest absolute Gasteiger partial charge is 0.388 e. The van der Waals surface area contributed by atoms with E-state index in [1.807, 2.05) is 7.05 Å². The van der Waals surface area contributed by atoms with Crippen LogP contribution in [0.4, 0.5) is 11.4 Å². The standard InChI is InChI=1S/C15H25N3/c1-5-8-18(11-12(2)3)14-6-7-15(17-4)13(9-14)10-16/h6-7,9-10,12,16-17H,5,8,11H2,1-4H3. The first-order valence-electron chi connectivity index (χ1n) is 6.69. The fourth-order valence-electron chi connectivity index (χ4n) is 2.13. The van der Waals surface area contributed by atoms with E-state index < -0.39 is 0 Å². The monoisotopic (exact) mass is 247 g/mol. The van der Waals surface area contributed by atoms with Gasteiger partial charge in [-0.2, -0.15) is 0 Å². The third-order valence-corrected chi connectivity index (χ3v) is 2.90. The van der Waals surface area contributed by atoms with E-state index in [4.69, 9.17) is 5.41 Å². The van der Waals surface area contributed by atoms with Gasteiger partial charge in [-0.3, -0.25) is 0 Å². The first kappa shape index (κ1) is 14.6. The average molecular weight is 247 g/mol. The van der Waals surface area contributed by atoms with E-state index >= 15 is 0 Å². The number of nitrogens with zero attached hydrogens (tertiary/aromatic N) is 1. The van der Waals surface area contributed by atoms with Crippen molar-refractivity contribution in [3.05, 3.63) is 23.8 Å². The van der Waals surface area contributed by atoms with Crippen LogP contribution in [0.25, 0.3) is 0 Å². The fraction of sp³-hybridized carbons (Fsp3) is 0.533. The molecule has 0 atom stereocenters. The summed E-state index contributed by atoms with van der Waals surface area (Å²) in [6, 6.07) is 6.28. The molecule has 0 heterocycles. The van der Waals surface area contributed by atoms with Crippen molar-refractivity contribution in [1.29, 1.82) is 5.41 Å². The summed E-state index contributed by atoms with van der Waals surface area (Å²) in [6.07, 6.45) is 2.55. The van der Waals surface area contributed by atoms with Crippen LogP contribution in [-0.4, -0.2) is 26.4 Å². The summed E-state index contributed by atoms with van der Waals surface area (Å²) in [6.45, 7) is 8.80. The van der Waals surface area contributed by atoms with Gasteiger partial charge in [-0.05, 0) is 30.5 Å². The summed E-state index contributed by atoms with van der Waals surface area (Å²) in [7, 11) is 1.89. The van der Waals surface area contributed by atoms with Gasteiger partial charge in [-0.1, -0.05) is 20.8 Å². The van der Waals surface area contributed by atoms with Crippen LogP contribution in [0.3, 0.4) is 0 Å². The molecule has 100 valence electrons. The number of nitrogens with one attached hydrogen (secondary N) is 2. The Bertz CT molecular complexity index is 385. The summed E-state index contributed by atoms with van der Waals surface area (Å²) >= 11 is 0. The summed E-state index contributed by atoms with van der Waals surface area (Å²) in [4.78, 5) is 2.40. The predicted octanol–water partition coefficient (Wildman–Crippen LogP) is 3.60. The minimum Gasteiger partial charge on any atom is -0.388 e. The van der Waals surface area contributed by atoms with Crippen LogP contribution in [0.5, 0.6) is 0 Å². The van der Waals surface area contributed by atoms with Crippen LogP contribution in [0.15, 0.2) is 18.2 Å². The van der Waals surface area contributed by atoms with Crippen molar-refractivity contribution in [2.45, 2.75) is 27.2 Å². The van der Waals surface area contributed by atoms with E-state index in [1.165, 1.54) is 11.9 Å². The normalized spacial score (nSPS) is 10.5. The molecule has 0 aliphatic rings. The summed E-state index contributed by atoms with van der Waals surface area (Å²) in [5.74, 6) is 0.643. The fourth-order valence-corrected chi connectivity index (χ4v) is 2.13. The molecule has 0 saturated carbocycles. The van der Waals surface area contributed by atoms with Gasteiger partial charge in [-0.25, -0.2) is 0 Å². The van der Waals surface area contributed by atoms with E-state index in [0.717, 1.165) is 30.8 Å². The third kappa shape index (κ3) is 3.76. The van der Waals surface area contributed by atoms with Gasteiger partial charge < -0.3 is 15.6 Å². The molecule has 0 aliphatic heterocycles. The van der Waals surface area contributed by atoms with Gasteiger partial charge in [-0.15, -0.1) is 0 Å². The first-order chi connectivity index (χ1) is 8.62. The highest BCUT2D eigenvalue weighted by Crippen LogP contribution is 2.23. The second-order valence-electron chi connectivity index (χ2n) is 5.01. The number of benzene rings is 1. The molecule has 1 aromatic carbocycles. The molecular weight excluding hydrogens is 222 g/mol. The molecule has 1 rings (SSSR count). The molecule has 0 aliphatic carbocycles. The Labute approximate surface area is 111 Å². The second-order valence-corrected chi connectivity index (χ2v) is 5.01. The van der Waals surface area contributed by atoms with Crippen molar-refractivity contribution in [2.24, 2.45) is 5.92 Å². The van der Waals surface area contributed by atoms with Crippen molar-refractivity contribution >= 4 is 17.6 Å². The first-order valence-corrected chi connectivity index (χ1v) is 6.69.